The van der Waals surface area contributed by atoms with Crippen molar-refractivity contribution in [2.45, 2.75) is 38.7 Å². The Balaban J connectivity index is 1.76. The molecule has 3 aliphatic carbocycles. The number of hydrogen-bond acceptors (Lipinski definition) is 3. The maximum absolute atomic E-state index is 12.9. The van der Waals surface area contributed by atoms with Crippen LogP contribution in [0.1, 0.15) is 32.6 Å². The number of aliphatic hydroxyl groups is 1. The van der Waals surface area contributed by atoms with Gasteiger partial charge in [-0.05, 0) is 70.0 Å². The first kappa shape index (κ1) is 13.0. The summed E-state index contributed by atoms with van der Waals surface area (Å²) in [6, 6.07) is 0. The van der Waals surface area contributed by atoms with E-state index in [2.05, 4.69) is 18.9 Å². The Kier molecular flexibility index (Phi) is 2.72. The number of ketones is 1. The van der Waals surface area contributed by atoms with Crippen LogP contribution >= 0.6 is 0 Å². The molecule has 0 bridgehead atoms. The van der Waals surface area contributed by atoms with E-state index < -0.39 is 0 Å². The van der Waals surface area contributed by atoms with E-state index in [0.29, 0.717) is 23.5 Å². The number of carbonyl (C=O) groups excluding carboxylic acids is 1. The molecule has 1 spiro atoms. The molecule has 0 aromatic heterocycles. The average Bonchev–Trinajstić information content (AvgIpc) is 2.83. The van der Waals surface area contributed by atoms with E-state index in [1.807, 2.05) is 6.08 Å². The van der Waals surface area contributed by atoms with Crippen molar-refractivity contribution in [1.82, 2.24) is 4.90 Å². The topological polar surface area (TPSA) is 40.5 Å². The minimum atomic E-state index is -0.248. The number of allylic oxidation sites excluding steroid dienone is 2. The van der Waals surface area contributed by atoms with Gasteiger partial charge in [0.15, 0.2) is 5.78 Å². The van der Waals surface area contributed by atoms with Gasteiger partial charge >= 0.3 is 0 Å². The van der Waals surface area contributed by atoms with Crippen molar-refractivity contribution in [3.8, 4) is 0 Å². The van der Waals surface area contributed by atoms with E-state index in [4.69, 9.17) is 0 Å². The normalized spacial score (nSPS) is 51.5. The second-order valence-electron chi connectivity index (χ2n) is 7.80. The highest BCUT2D eigenvalue weighted by Gasteiger charge is 2.67. The summed E-state index contributed by atoms with van der Waals surface area (Å²) in [5.41, 5.74) is 1.00. The second-order valence-corrected chi connectivity index (χ2v) is 7.80. The fourth-order valence-electron chi connectivity index (χ4n) is 6.13. The lowest BCUT2D eigenvalue weighted by atomic mass is 9.64. The second kappa shape index (κ2) is 4.17. The lowest BCUT2D eigenvalue weighted by molar-refractivity contribution is -0.129. The highest BCUT2D eigenvalue weighted by Crippen LogP contribution is 2.66. The predicted molar refractivity (Wildman–Crippen MR) is 77.1 cm³/mol. The van der Waals surface area contributed by atoms with Gasteiger partial charge in [-0.1, -0.05) is 5.57 Å². The summed E-state index contributed by atoms with van der Waals surface area (Å²) in [4.78, 5) is 15.3. The molecule has 2 saturated carbocycles. The maximum atomic E-state index is 12.9. The molecule has 3 heteroatoms. The molecule has 1 N–H and O–H groups in total. The number of hydrogen-bond donors (Lipinski definition) is 1. The molecule has 0 unspecified atom stereocenters. The van der Waals surface area contributed by atoms with Crippen LogP contribution in [0.4, 0.5) is 0 Å². The van der Waals surface area contributed by atoms with Gasteiger partial charge in [-0.25, -0.2) is 0 Å². The molecule has 1 aliphatic heterocycles. The van der Waals surface area contributed by atoms with Gasteiger partial charge in [0.05, 0.1) is 6.10 Å². The summed E-state index contributed by atoms with van der Waals surface area (Å²) in [7, 11) is 2.18. The molecule has 1 heterocycles. The van der Waals surface area contributed by atoms with Crippen molar-refractivity contribution in [3.63, 3.8) is 0 Å². The smallest absolute Gasteiger partial charge is 0.162 e. The zero-order chi connectivity index (χ0) is 14.1. The largest absolute Gasteiger partial charge is 0.393 e. The molecule has 1 saturated heterocycles. The van der Waals surface area contributed by atoms with Crippen LogP contribution in [0.25, 0.3) is 0 Å². The van der Waals surface area contributed by atoms with Gasteiger partial charge in [-0.15, -0.1) is 0 Å². The first-order chi connectivity index (χ1) is 9.52. The van der Waals surface area contributed by atoms with Gasteiger partial charge in [0.1, 0.15) is 0 Å². The monoisotopic (exact) mass is 275 g/mol. The van der Waals surface area contributed by atoms with E-state index in [-0.39, 0.29) is 17.4 Å². The lowest BCUT2D eigenvalue weighted by Gasteiger charge is -2.38. The fourth-order valence-corrected chi connectivity index (χ4v) is 6.13. The molecule has 20 heavy (non-hydrogen) atoms. The molecule has 4 aliphatic rings. The van der Waals surface area contributed by atoms with Crippen LogP contribution in [-0.2, 0) is 4.79 Å². The predicted octanol–water partition coefficient (Wildman–Crippen LogP) is 1.86. The van der Waals surface area contributed by atoms with Crippen LogP contribution in [0.15, 0.2) is 11.6 Å². The van der Waals surface area contributed by atoms with Gasteiger partial charge in [-0.3, -0.25) is 4.79 Å². The average molecular weight is 275 g/mol. The number of aliphatic hydroxyl groups excluding tert-OH is 1. The molecule has 110 valence electrons. The van der Waals surface area contributed by atoms with Crippen molar-refractivity contribution < 1.29 is 9.90 Å². The molecule has 0 aromatic rings. The summed E-state index contributed by atoms with van der Waals surface area (Å²) >= 11 is 0. The standard InChI is InChI=1S/C17H25NO2/c1-10-5-12-7-14(19)16-13-3-4-18(2)9-11(13)8-17(12,16)15(20)6-10/h6,11-14,16,19H,3-5,7-9H2,1-2H3/t11-,12+,13+,14+,16-,17-/m1/s1. The molecular formula is C17H25NO2. The van der Waals surface area contributed by atoms with Crippen LogP contribution in [0, 0.1) is 29.1 Å². The van der Waals surface area contributed by atoms with Crippen LogP contribution < -0.4 is 0 Å². The number of carbonyl (C=O) groups is 1. The highest BCUT2D eigenvalue weighted by atomic mass is 16.3. The number of piperidine rings is 1. The van der Waals surface area contributed by atoms with Crippen LogP contribution in [0.3, 0.4) is 0 Å². The maximum Gasteiger partial charge on any atom is 0.162 e. The first-order valence-electron chi connectivity index (χ1n) is 8.10. The van der Waals surface area contributed by atoms with Crippen LogP contribution in [-0.4, -0.2) is 42.0 Å². The van der Waals surface area contributed by atoms with Crippen LogP contribution in [0.2, 0.25) is 0 Å². The van der Waals surface area contributed by atoms with Crippen molar-refractivity contribution >= 4 is 5.78 Å². The van der Waals surface area contributed by atoms with E-state index in [0.717, 1.165) is 38.8 Å². The van der Waals surface area contributed by atoms with Crippen molar-refractivity contribution in [3.05, 3.63) is 11.6 Å². The molecular weight excluding hydrogens is 250 g/mol. The third-order valence-corrected chi connectivity index (χ3v) is 6.73. The fraction of sp³-hybridized carbons (Fsp3) is 0.824. The van der Waals surface area contributed by atoms with Gasteiger partial charge in [0, 0.05) is 17.9 Å². The van der Waals surface area contributed by atoms with Crippen molar-refractivity contribution in [2.75, 3.05) is 20.1 Å². The van der Waals surface area contributed by atoms with Crippen molar-refractivity contribution in [1.29, 1.82) is 0 Å². The zero-order valence-corrected chi connectivity index (χ0v) is 12.5. The third-order valence-electron chi connectivity index (χ3n) is 6.73. The van der Waals surface area contributed by atoms with E-state index in [1.165, 1.54) is 5.57 Å². The van der Waals surface area contributed by atoms with E-state index in [9.17, 15) is 9.90 Å². The SMILES string of the molecule is CC1=CC(=O)[C@]23C[C@@H]4CN(C)CC[C@@H]4[C@@H]2[C@@H](O)C[C@@H]3C1. The molecule has 0 radical (unpaired) electrons. The Hall–Kier alpha value is -0.670. The van der Waals surface area contributed by atoms with Gasteiger partial charge < -0.3 is 10.0 Å². The van der Waals surface area contributed by atoms with Gasteiger partial charge in [0.25, 0.3) is 0 Å². The summed E-state index contributed by atoms with van der Waals surface area (Å²) in [5, 5.41) is 10.6. The summed E-state index contributed by atoms with van der Waals surface area (Å²) < 4.78 is 0. The number of likely N-dealkylation sites (tertiary alicyclic amines) is 1. The quantitative estimate of drug-likeness (QED) is 0.733. The highest BCUT2D eigenvalue weighted by molar-refractivity contribution is 5.97. The Morgan fingerprint density at radius 3 is 3.05 bits per heavy atom. The zero-order valence-electron chi connectivity index (χ0n) is 12.5. The molecule has 3 fully saturated rings. The molecule has 0 amide bonds. The molecule has 0 aromatic carbocycles. The van der Waals surface area contributed by atoms with E-state index >= 15 is 0 Å². The Morgan fingerprint density at radius 2 is 2.25 bits per heavy atom. The minimum Gasteiger partial charge on any atom is -0.393 e. The lowest BCUT2D eigenvalue weighted by Crippen LogP contribution is -2.42. The van der Waals surface area contributed by atoms with Gasteiger partial charge in [-0.2, -0.15) is 0 Å². The minimum absolute atomic E-state index is 0.209. The number of fused-ring (bicyclic) bond motifs is 2. The summed E-state index contributed by atoms with van der Waals surface area (Å²) in [6.45, 7) is 4.30. The molecule has 3 nitrogen and oxygen atoms in total. The van der Waals surface area contributed by atoms with Crippen LogP contribution in [0.5, 0.6) is 0 Å². The Morgan fingerprint density at radius 1 is 1.45 bits per heavy atom. The number of nitrogens with zero attached hydrogens (tertiary/aromatic N) is 1. The summed E-state index contributed by atoms with van der Waals surface area (Å²) in [5.74, 6) is 2.16. The molecule has 4 rings (SSSR count). The summed E-state index contributed by atoms with van der Waals surface area (Å²) in [6.07, 6.45) is 5.70. The van der Waals surface area contributed by atoms with Gasteiger partial charge in [0.2, 0.25) is 0 Å². The number of rotatable bonds is 0. The first-order valence-corrected chi connectivity index (χ1v) is 8.10. The third kappa shape index (κ3) is 1.51. The molecule has 6 atom stereocenters. The van der Waals surface area contributed by atoms with Crippen molar-refractivity contribution in [2.24, 2.45) is 29.1 Å². The van der Waals surface area contributed by atoms with E-state index in [1.54, 1.807) is 0 Å². The Bertz CT molecular complexity index is 485. The Labute approximate surface area is 121 Å².